The molecule has 1 aromatic rings. The van der Waals surface area contributed by atoms with Gasteiger partial charge in [-0.1, -0.05) is 28.6 Å². The third-order valence-electron chi connectivity index (χ3n) is 4.67. The minimum Gasteiger partial charge on any atom is -0.459 e. The molecule has 30 heavy (non-hydrogen) atoms. The third kappa shape index (κ3) is 3.28. The van der Waals surface area contributed by atoms with E-state index in [-0.39, 0.29) is 29.4 Å². The van der Waals surface area contributed by atoms with Gasteiger partial charge >= 0.3 is 11.9 Å². The molecule has 0 saturated carbocycles. The number of rotatable bonds is 5. The van der Waals surface area contributed by atoms with Crippen molar-refractivity contribution in [2.45, 2.75) is 32.3 Å². The van der Waals surface area contributed by atoms with Gasteiger partial charge in [0.2, 0.25) is 11.8 Å². The lowest BCUT2D eigenvalue weighted by molar-refractivity contribution is -0.145. The molecular formula is C21H21BrN2O6. The SMILES string of the molecule is C=CCOC(=O)C1=C(C)OC(N)=C(C(=O)OC(C)C)[C@]12C(=O)Nc1ccc(Br)cc12. The fourth-order valence-electron chi connectivity index (χ4n) is 3.64. The van der Waals surface area contributed by atoms with Crippen LogP contribution in [0, 0.1) is 0 Å². The van der Waals surface area contributed by atoms with Crippen LogP contribution in [0.4, 0.5) is 5.69 Å². The van der Waals surface area contributed by atoms with Crippen molar-refractivity contribution in [1.29, 1.82) is 0 Å². The molecule has 0 radical (unpaired) electrons. The van der Waals surface area contributed by atoms with E-state index in [1.54, 1.807) is 32.0 Å². The first-order chi connectivity index (χ1) is 14.1. The molecule has 3 N–H and O–H groups in total. The van der Waals surface area contributed by atoms with Gasteiger partial charge in [0.15, 0.2) is 0 Å². The number of allylic oxidation sites excluding steroid dienone is 1. The van der Waals surface area contributed by atoms with Crippen LogP contribution >= 0.6 is 15.9 Å². The first-order valence-electron chi connectivity index (χ1n) is 9.14. The number of ether oxygens (including phenoxy) is 3. The van der Waals surface area contributed by atoms with E-state index in [0.29, 0.717) is 15.7 Å². The van der Waals surface area contributed by atoms with Crippen LogP contribution in [-0.4, -0.2) is 30.6 Å². The van der Waals surface area contributed by atoms with E-state index >= 15 is 0 Å². The zero-order chi connectivity index (χ0) is 22.2. The molecule has 9 heteroatoms. The molecule has 1 aromatic carbocycles. The number of carbonyl (C=O) groups excluding carboxylic acids is 3. The molecule has 1 atom stereocenters. The fraction of sp³-hybridized carbons (Fsp3) is 0.286. The van der Waals surface area contributed by atoms with Crippen LogP contribution < -0.4 is 11.1 Å². The van der Waals surface area contributed by atoms with Gasteiger partial charge in [-0.05, 0) is 39.0 Å². The van der Waals surface area contributed by atoms with Gasteiger partial charge in [0.25, 0.3) is 0 Å². The quantitative estimate of drug-likeness (QED) is 0.495. The van der Waals surface area contributed by atoms with Crippen LogP contribution in [0.3, 0.4) is 0 Å². The van der Waals surface area contributed by atoms with Gasteiger partial charge < -0.3 is 25.3 Å². The van der Waals surface area contributed by atoms with Crippen molar-refractivity contribution in [2.75, 3.05) is 11.9 Å². The molecule has 3 rings (SSSR count). The summed E-state index contributed by atoms with van der Waals surface area (Å²) in [6, 6.07) is 5.02. The van der Waals surface area contributed by atoms with Crippen LogP contribution in [0.15, 0.2) is 58.1 Å². The highest BCUT2D eigenvalue weighted by Crippen LogP contribution is 2.53. The molecule has 1 spiro atoms. The Morgan fingerprint density at radius 1 is 1.33 bits per heavy atom. The molecule has 2 heterocycles. The monoisotopic (exact) mass is 476 g/mol. The molecule has 2 aliphatic heterocycles. The van der Waals surface area contributed by atoms with E-state index in [2.05, 4.69) is 27.8 Å². The van der Waals surface area contributed by atoms with Crippen molar-refractivity contribution in [3.63, 3.8) is 0 Å². The fourth-order valence-corrected chi connectivity index (χ4v) is 4.00. The predicted molar refractivity (Wildman–Crippen MR) is 112 cm³/mol. The average molecular weight is 477 g/mol. The van der Waals surface area contributed by atoms with E-state index in [1.807, 2.05) is 0 Å². The number of hydrogen-bond donors (Lipinski definition) is 2. The molecule has 0 aliphatic carbocycles. The predicted octanol–water partition coefficient (Wildman–Crippen LogP) is 2.79. The van der Waals surface area contributed by atoms with Gasteiger partial charge in [-0.15, -0.1) is 0 Å². The maximum absolute atomic E-state index is 13.5. The van der Waals surface area contributed by atoms with Crippen molar-refractivity contribution in [1.82, 2.24) is 0 Å². The van der Waals surface area contributed by atoms with Gasteiger partial charge in [-0.3, -0.25) is 4.79 Å². The highest BCUT2D eigenvalue weighted by molar-refractivity contribution is 9.10. The summed E-state index contributed by atoms with van der Waals surface area (Å²) in [5, 5.41) is 2.73. The van der Waals surface area contributed by atoms with Gasteiger partial charge in [-0.2, -0.15) is 0 Å². The van der Waals surface area contributed by atoms with E-state index in [1.165, 1.54) is 13.0 Å². The zero-order valence-corrected chi connectivity index (χ0v) is 18.3. The van der Waals surface area contributed by atoms with Crippen molar-refractivity contribution in [3.8, 4) is 0 Å². The minimum atomic E-state index is -1.89. The molecule has 0 unspecified atom stereocenters. The van der Waals surface area contributed by atoms with Crippen LogP contribution in [-0.2, 0) is 34.0 Å². The second-order valence-electron chi connectivity index (χ2n) is 7.01. The normalized spacial score (nSPS) is 20.1. The number of anilines is 1. The summed E-state index contributed by atoms with van der Waals surface area (Å²) in [5.74, 6) is -2.61. The Hall–Kier alpha value is -3.07. The maximum Gasteiger partial charge on any atom is 0.341 e. The van der Waals surface area contributed by atoms with Gasteiger partial charge in [0.1, 0.15) is 28.9 Å². The number of fused-ring (bicyclic) bond motifs is 2. The lowest BCUT2D eigenvalue weighted by atomic mass is 9.67. The summed E-state index contributed by atoms with van der Waals surface area (Å²) in [6.45, 7) is 8.22. The van der Waals surface area contributed by atoms with Gasteiger partial charge in [-0.25, -0.2) is 9.59 Å². The summed E-state index contributed by atoms with van der Waals surface area (Å²) >= 11 is 3.38. The molecule has 1 amide bonds. The van der Waals surface area contributed by atoms with Crippen molar-refractivity contribution in [2.24, 2.45) is 5.73 Å². The summed E-state index contributed by atoms with van der Waals surface area (Å²) in [5.41, 5.74) is 4.54. The number of nitrogens with two attached hydrogens (primary N) is 1. The zero-order valence-electron chi connectivity index (χ0n) is 16.7. The second kappa shape index (κ2) is 7.98. The van der Waals surface area contributed by atoms with Crippen molar-refractivity contribution < 1.29 is 28.6 Å². The number of nitrogens with one attached hydrogen (secondary N) is 1. The highest BCUT2D eigenvalue weighted by atomic mass is 79.9. The summed E-state index contributed by atoms with van der Waals surface area (Å²) < 4.78 is 16.7. The number of amides is 1. The van der Waals surface area contributed by atoms with E-state index < -0.39 is 29.4 Å². The Labute approximate surface area is 181 Å². The summed E-state index contributed by atoms with van der Waals surface area (Å²) in [7, 11) is 0. The van der Waals surface area contributed by atoms with Crippen molar-refractivity contribution in [3.05, 3.63) is 63.7 Å². The van der Waals surface area contributed by atoms with Crippen LogP contribution in [0.25, 0.3) is 0 Å². The molecule has 0 aromatic heterocycles. The minimum absolute atomic E-state index is 0.0469. The Morgan fingerprint density at radius 2 is 2.03 bits per heavy atom. The number of halogens is 1. The maximum atomic E-state index is 13.5. The average Bonchev–Trinajstić information content (AvgIpc) is 2.91. The standard InChI is InChI=1S/C21H21BrN2O6/c1-5-8-28-18(25)15-11(4)30-17(23)16(19(26)29-10(2)3)21(15)13-9-12(22)6-7-14(13)24-20(21)27/h5-7,9-10H,1,8,23H2,2-4H3,(H,24,27)/t21-/m1/s1. The molecule has 2 aliphatic rings. The topological polar surface area (TPSA) is 117 Å². The number of esters is 2. The van der Waals surface area contributed by atoms with Crippen molar-refractivity contribution >= 4 is 39.5 Å². The van der Waals surface area contributed by atoms with E-state index in [4.69, 9.17) is 19.9 Å². The first-order valence-corrected chi connectivity index (χ1v) is 9.93. The number of benzene rings is 1. The second-order valence-corrected chi connectivity index (χ2v) is 7.92. The van der Waals surface area contributed by atoms with Crippen LogP contribution in [0.5, 0.6) is 0 Å². The Kier molecular flexibility index (Phi) is 5.76. The highest BCUT2D eigenvalue weighted by Gasteiger charge is 2.62. The molecule has 0 fully saturated rings. The van der Waals surface area contributed by atoms with Crippen LogP contribution in [0.2, 0.25) is 0 Å². The summed E-state index contributed by atoms with van der Waals surface area (Å²) in [6.07, 6.45) is 0.895. The molecule has 0 saturated heterocycles. The molecule has 0 bridgehead atoms. The Bertz CT molecular complexity index is 1030. The largest absolute Gasteiger partial charge is 0.459 e. The molecule has 8 nitrogen and oxygen atoms in total. The van der Waals surface area contributed by atoms with E-state index in [9.17, 15) is 14.4 Å². The lowest BCUT2D eigenvalue weighted by Crippen LogP contribution is -2.48. The first kappa shape index (κ1) is 21.6. The van der Waals surface area contributed by atoms with Gasteiger partial charge in [0.05, 0.1) is 6.10 Å². The third-order valence-corrected chi connectivity index (χ3v) is 5.16. The smallest absolute Gasteiger partial charge is 0.341 e. The molecular weight excluding hydrogens is 456 g/mol. The number of carbonyl (C=O) groups is 3. The molecule has 158 valence electrons. The Morgan fingerprint density at radius 3 is 2.67 bits per heavy atom. The van der Waals surface area contributed by atoms with E-state index in [0.717, 1.165) is 0 Å². The lowest BCUT2D eigenvalue weighted by Gasteiger charge is -2.35. The summed E-state index contributed by atoms with van der Waals surface area (Å²) in [4.78, 5) is 39.6. The Balaban J connectivity index is 2.35. The van der Waals surface area contributed by atoms with Gasteiger partial charge in [0, 0.05) is 15.7 Å². The number of hydrogen-bond acceptors (Lipinski definition) is 7. The van der Waals surface area contributed by atoms with Crippen LogP contribution in [0.1, 0.15) is 26.3 Å².